The van der Waals surface area contributed by atoms with Crippen molar-refractivity contribution in [1.29, 1.82) is 10.5 Å². The van der Waals surface area contributed by atoms with Gasteiger partial charge in [-0.1, -0.05) is 0 Å². The van der Waals surface area contributed by atoms with Crippen molar-refractivity contribution in [2.75, 3.05) is 7.11 Å². The van der Waals surface area contributed by atoms with E-state index in [1.54, 1.807) is 12.1 Å². The fraction of sp³-hybridized carbons (Fsp3) is 0.143. The monoisotopic (exact) mass is 134 g/mol. The van der Waals surface area contributed by atoms with E-state index in [1.165, 1.54) is 25.3 Å². The molecular weight excluding hydrogens is 128 g/mol. The van der Waals surface area contributed by atoms with Gasteiger partial charge in [-0.15, -0.1) is 0 Å². The third kappa shape index (κ3) is 3.29. The summed E-state index contributed by atoms with van der Waals surface area (Å²) in [7, 11) is 1.44. The summed E-state index contributed by atoms with van der Waals surface area (Å²) >= 11 is 0. The van der Waals surface area contributed by atoms with Gasteiger partial charge >= 0.3 is 0 Å². The lowest BCUT2D eigenvalue weighted by molar-refractivity contribution is 0.307. The summed E-state index contributed by atoms with van der Waals surface area (Å²) < 4.78 is 4.69. The third-order valence-corrected chi connectivity index (χ3v) is 0.765. The van der Waals surface area contributed by atoms with E-state index >= 15 is 0 Å². The van der Waals surface area contributed by atoms with Crippen molar-refractivity contribution < 1.29 is 4.74 Å². The van der Waals surface area contributed by atoms with E-state index in [0.717, 1.165) is 0 Å². The molecule has 0 aliphatic rings. The first-order valence-electron chi connectivity index (χ1n) is 2.55. The summed E-state index contributed by atoms with van der Waals surface area (Å²) in [6, 6.07) is 3.56. The van der Waals surface area contributed by atoms with Crippen LogP contribution in [-0.4, -0.2) is 7.11 Å². The second kappa shape index (κ2) is 5.40. The first-order chi connectivity index (χ1) is 4.85. The summed E-state index contributed by atoms with van der Waals surface area (Å²) in [6.07, 6.45) is 3.88. The Bertz CT molecular complexity index is 227. The average molecular weight is 134 g/mol. The van der Waals surface area contributed by atoms with Gasteiger partial charge in [-0.2, -0.15) is 10.5 Å². The van der Waals surface area contributed by atoms with Crippen molar-refractivity contribution in [3.8, 4) is 12.1 Å². The number of ether oxygens (including phenoxy) is 1. The normalized spacial score (nSPS) is 10.5. The second-order valence-electron chi connectivity index (χ2n) is 1.34. The molecule has 0 saturated carbocycles. The maximum Gasteiger partial charge on any atom is 0.130 e. The molecule has 3 nitrogen and oxygen atoms in total. The largest absolute Gasteiger partial charge is 0.496 e. The standard InChI is InChI=1S/C7H6N2O/c1-10-7(4-6-9)3-2-5-8/h2-4H,1H3/b3-2+,7-4-. The molecular formula is C7H6N2O. The molecule has 0 aliphatic heterocycles. The number of hydrogen-bond donors (Lipinski definition) is 0. The molecule has 0 aromatic carbocycles. The minimum Gasteiger partial charge on any atom is -0.496 e. The van der Waals surface area contributed by atoms with E-state index in [1.807, 2.05) is 0 Å². The highest BCUT2D eigenvalue weighted by molar-refractivity contribution is 5.22. The number of methoxy groups -OCH3 is 1. The van der Waals surface area contributed by atoms with E-state index in [4.69, 9.17) is 15.3 Å². The molecule has 0 unspecified atom stereocenters. The minimum atomic E-state index is 0.379. The van der Waals surface area contributed by atoms with Crippen molar-refractivity contribution in [3.63, 3.8) is 0 Å². The molecule has 0 saturated heterocycles. The highest BCUT2D eigenvalue weighted by atomic mass is 16.5. The number of rotatable bonds is 2. The molecule has 0 amide bonds. The molecule has 0 spiro atoms. The number of nitriles is 2. The molecule has 0 N–H and O–H groups in total. The predicted molar refractivity (Wildman–Crippen MR) is 35.5 cm³/mol. The van der Waals surface area contributed by atoms with Crippen molar-refractivity contribution in [2.24, 2.45) is 0 Å². The zero-order valence-corrected chi connectivity index (χ0v) is 5.53. The molecule has 0 rings (SSSR count). The first kappa shape index (κ1) is 8.26. The van der Waals surface area contributed by atoms with Gasteiger partial charge in [0.2, 0.25) is 0 Å². The summed E-state index contributed by atoms with van der Waals surface area (Å²) in [6.45, 7) is 0. The Kier molecular flexibility index (Phi) is 4.46. The molecule has 0 bridgehead atoms. The van der Waals surface area contributed by atoms with Gasteiger partial charge in [-0.05, 0) is 6.08 Å². The minimum absolute atomic E-state index is 0.379. The van der Waals surface area contributed by atoms with Crippen molar-refractivity contribution >= 4 is 0 Å². The van der Waals surface area contributed by atoms with E-state index in [0.29, 0.717) is 5.76 Å². The topological polar surface area (TPSA) is 56.8 Å². The van der Waals surface area contributed by atoms with Crippen molar-refractivity contribution in [2.45, 2.75) is 0 Å². The second-order valence-corrected chi connectivity index (χ2v) is 1.34. The first-order valence-corrected chi connectivity index (χ1v) is 2.55. The molecule has 3 heteroatoms. The van der Waals surface area contributed by atoms with Gasteiger partial charge in [-0.25, -0.2) is 0 Å². The van der Waals surface area contributed by atoms with Crippen LogP contribution in [0.4, 0.5) is 0 Å². The zero-order valence-electron chi connectivity index (χ0n) is 5.53. The van der Waals surface area contributed by atoms with Gasteiger partial charge in [0, 0.05) is 6.08 Å². The molecule has 0 aliphatic carbocycles. The maximum atomic E-state index is 8.14. The van der Waals surface area contributed by atoms with Crippen LogP contribution in [0.5, 0.6) is 0 Å². The van der Waals surface area contributed by atoms with Crippen LogP contribution in [0, 0.1) is 22.7 Å². The summed E-state index contributed by atoms with van der Waals surface area (Å²) in [5, 5.41) is 16.2. The molecule has 0 fully saturated rings. The van der Waals surface area contributed by atoms with Crippen LogP contribution in [0.1, 0.15) is 0 Å². The van der Waals surface area contributed by atoms with Crippen LogP contribution >= 0.6 is 0 Å². The summed E-state index contributed by atoms with van der Waals surface area (Å²) in [5.74, 6) is 0.379. The van der Waals surface area contributed by atoms with Crippen LogP contribution in [-0.2, 0) is 4.74 Å². The van der Waals surface area contributed by atoms with Gasteiger partial charge in [-0.3, -0.25) is 0 Å². The lowest BCUT2D eigenvalue weighted by atomic mass is 10.4. The molecule has 0 atom stereocenters. The Hall–Kier alpha value is -1.74. The van der Waals surface area contributed by atoms with Gasteiger partial charge in [0.15, 0.2) is 0 Å². The quantitative estimate of drug-likeness (QED) is 0.323. The maximum absolute atomic E-state index is 8.14. The Labute approximate surface area is 59.4 Å². The fourth-order valence-electron chi connectivity index (χ4n) is 0.358. The van der Waals surface area contributed by atoms with Crippen molar-refractivity contribution in [3.05, 3.63) is 24.0 Å². The predicted octanol–water partition coefficient (Wildman–Crippen LogP) is 1.12. The van der Waals surface area contributed by atoms with Crippen LogP contribution in [0.3, 0.4) is 0 Å². The van der Waals surface area contributed by atoms with E-state index in [-0.39, 0.29) is 0 Å². The fourth-order valence-corrected chi connectivity index (χ4v) is 0.358. The smallest absolute Gasteiger partial charge is 0.130 e. The van der Waals surface area contributed by atoms with E-state index < -0.39 is 0 Å². The zero-order chi connectivity index (χ0) is 7.82. The van der Waals surface area contributed by atoms with E-state index in [9.17, 15) is 0 Å². The number of nitrogens with zero attached hydrogens (tertiary/aromatic N) is 2. The summed E-state index contributed by atoms with van der Waals surface area (Å²) in [4.78, 5) is 0. The highest BCUT2D eigenvalue weighted by Gasteiger charge is 1.84. The SMILES string of the molecule is COC(=C\C#N)/C=C/C#N. The van der Waals surface area contributed by atoms with Crippen LogP contribution in [0.2, 0.25) is 0 Å². The Morgan fingerprint density at radius 2 is 2.10 bits per heavy atom. The van der Waals surface area contributed by atoms with Gasteiger partial charge in [0.25, 0.3) is 0 Å². The van der Waals surface area contributed by atoms with Crippen LogP contribution in [0.25, 0.3) is 0 Å². The van der Waals surface area contributed by atoms with Crippen LogP contribution in [0.15, 0.2) is 24.0 Å². The highest BCUT2D eigenvalue weighted by Crippen LogP contribution is 1.94. The van der Waals surface area contributed by atoms with Crippen molar-refractivity contribution in [1.82, 2.24) is 0 Å². The average Bonchev–Trinajstić information content (AvgIpc) is 1.98. The van der Waals surface area contributed by atoms with Gasteiger partial charge in [0.05, 0.1) is 25.3 Å². The number of allylic oxidation sites excluding steroid dienone is 3. The van der Waals surface area contributed by atoms with Crippen LogP contribution < -0.4 is 0 Å². The molecule has 0 aromatic rings. The van der Waals surface area contributed by atoms with E-state index in [2.05, 4.69) is 0 Å². The summed E-state index contributed by atoms with van der Waals surface area (Å²) in [5.41, 5.74) is 0. The number of hydrogen-bond acceptors (Lipinski definition) is 3. The molecule has 10 heavy (non-hydrogen) atoms. The lowest BCUT2D eigenvalue weighted by Gasteiger charge is -1.93. The third-order valence-electron chi connectivity index (χ3n) is 0.765. The molecule has 0 aromatic heterocycles. The molecule has 0 heterocycles. The Morgan fingerprint density at radius 1 is 1.40 bits per heavy atom. The molecule has 50 valence electrons. The molecule has 0 radical (unpaired) electrons. The Balaban J connectivity index is 4.15. The lowest BCUT2D eigenvalue weighted by Crippen LogP contribution is -1.79. The van der Waals surface area contributed by atoms with Gasteiger partial charge < -0.3 is 4.74 Å². The van der Waals surface area contributed by atoms with Gasteiger partial charge in [0.1, 0.15) is 5.76 Å². The Morgan fingerprint density at radius 3 is 2.50 bits per heavy atom.